The van der Waals surface area contributed by atoms with Crippen LogP contribution in [0.1, 0.15) is 43.7 Å². The Morgan fingerprint density at radius 1 is 1.35 bits per heavy atom. The maximum Gasteiger partial charge on any atom is 0.326 e. The van der Waals surface area contributed by atoms with Crippen molar-refractivity contribution in [3.63, 3.8) is 0 Å². The molecule has 1 amide bonds. The van der Waals surface area contributed by atoms with Crippen molar-refractivity contribution < 1.29 is 14.7 Å². The van der Waals surface area contributed by atoms with Gasteiger partial charge in [0.05, 0.1) is 11.6 Å². The van der Waals surface area contributed by atoms with E-state index in [1.54, 1.807) is 11.8 Å². The minimum absolute atomic E-state index is 0.0405. The maximum atomic E-state index is 12.2. The van der Waals surface area contributed by atoms with E-state index in [9.17, 15) is 14.7 Å². The van der Waals surface area contributed by atoms with E-state index in [0.29, 0.717) is 18.5 Å². The molecule has 2 aliphatic heterocycles. The minimum atomic E-state index is -0.940. The van der Waals surface area contributed by atoms with E-state index in [2.05, 4.69) is 11.0 Å². The lowest BCUT2D eigenvalue weighted by atomic mass is 9.72. The number of piperidine rings is 2. The van der Waals surface area contributed by atoms with Gasteiger partial charge in [-0.15, -0.1) is 0 Å². The molecule has 6 heteroatoms. The number of likely N-dealkylation sites (tertiary alicyclic amines) is 2. The van der Waals surface area contributed by atoms with Gasteiger partial charge in [-0.1, -0.05) is 12.1 Å². The summed E-state index contributed by atoms with van der Waals surface area (Å²) in [5.74, 6) is -0.980. The summed E-state index contributed by atoms with van der Waals surface area (Å²) in [6, 6.07) is 9.12. The smallest absolute Gasteiger partial charge is 0.326 e. The van der Waals surface area contributed by atoms with Gasteiger partial charge >= 0.3 is 5.97 Å². The third kappa shape index (κ3) is 3.88. The van der Waals surface area contributed by atoms with Crippen molar-refractivity contribution in [2.75, 3.05) is 19.6 Å². The Morgan fingerprint density at radius 2 is 2.08 bits per heavy atom. The number of nitriles is 1. The second-order valence-corrected chi connectivity index (χ2v) is 7.62. The van der Waals surface area contributed by atoms with Crippen LogP contribution in [0.25, 0.3) is 0 Å². The third-order valence-electron chi connectivity index (χ3n) is 5.90. The molecule has 0 saturated carbocycles. The molecule has 0 aromatic heterocycles. The van der Waals surface area contributed by atoms with Crippen LogP contribution in [0.4, 0.5) is 0 Å². The molecule has 0 bridgehead atoms. The number of benzene rings is 1. The van der Waals surface area contributed by atoms with Crippen molar-refractivity contribution >= 4 is 11.9 Å². The highest BCUT2D eigenvalue weighted by molar-refractivity contribution is 5.84. The number of hydrogen-bond donors (Lipinski definition) is 1. The Labute approximate surface area is 154 Å². The van der Waals surface area contributed by atoms with Gasteiger partial charge in [0.2, 0.25) is 5.91 Å². The van der Waals surface area contributed by atoms with Crippen molar-refractivity contribution in [1.82, 2.24) is 9.80 Å². The van der Waals surface area contributed by atoms with Gasteiger partial charge in [0.15, 0.2) is 0 Å². The second kappa shape index (κ2) is 7.46. The normalized spacial score (nSPS) is 21.4. The average Bonchev–Trinajstić information content (AvgIpc) is 2.65. The summed E-state index contributed by atoms with van der Waals surface area (Å²) in [6.45, 7) is 4.83. The molecule has 0 unspecified atom stereocenters. The van der Waals surface area contributed by atoms with Crippen molar-refractivity contribution in [3.05, 3.63) is 35.4 Å². The molecule has 1 spiro atoms. The quantitative estimate of drug-likeness (QED) is 0.895. The minimum Gasteiger partial charge on any atom is -0.480 e. The summed E-state index contributed by atoms with van der Waals surface area (Å²) < 4.78 is 0. The largest absolute Gasteiger partial charge is 0.480 e. The summed E-state index contributed by atoms with van der Waals surface area (Å²) in [4.78, 5) is 27.4. The Kier molecular flexibility index (Phi) is 5.28. The molecule has 2 aliphatic rings. The fourth-order valence-electron chi connectivity index (χ4n) is 4.12. The van der Waals surface area contributed by atoms with Crippen LogP contribution in [0.15, 0.2) is 24.3 Å². The zero-order chi connectivity index (χ0) is 18.7. The summed E-state index contributed by atoms with van der Waals surface area (Å²) in [7, 11) is 0. The van der Waals surface area contributed by atoms with Gasteiger partial charge in [0.1, 0.15) is 6.04 Å². The number of hydrogen-bond acceptors (Lipinski definition) is 4. The summed E-state index contributed by atoms with van der Waals surface area (Å²) in [6.07, 6.45) is 3.25. The predicted molar refractivity (Wildman–Crippen MR) is 96.1 cm³/mol. The van der Waals surface area contributed by atoms with E-state index in [1.165, 1.54) is 0 Å². The average molecular weight is 355 g/mol. The van der Waals surface area contributed by atoms with Gasteiger partial charge in [-0.2, -0.15) is 5.26 Å². The number of rotatable bonds is 4. The van der Waals surface area contributed by atoms with Crippen LogP contribution < -0.4 is 0 Å². The maximum absolute atomic E-state index is 12.2. The second-order valence-electron chi connectivity index (χ2n) is 7.62. The van der Waals surface area contributed by atoms with Crippen molar-refractivity contribution in [3.8, 4) is 6.07 Å². The third-order valence-corrected chi connectivity index (χ3v) is 5.90. The SMILES string of the molecule is C[C@@H](C(=O)O)N1CC2(CCC1=O)CCN(Cc1cccc(C#N)c1)CC2. The van der Waals surface area contributed by atoms with E-state index >= 15 is 0 Å². The zero-order valence-corrected chi connectivity index (χ0v) is 15.1. The first-order valence-electron chi connectivity index (χ1n) is 9.16. The highest BCUT2D eigenvalue weighted by atomic mass is 16.4. The Balaban J connectivity index is 1.61. The lowest BCUT2D eigenvalue weighted by molar-refractivity contribution is -0.155. The summed E-state index contributed by atoms with van der Waals surface area (Å²) in [5, 5.41) is 18.3. The lowest BCUT2D eigenvalue weighted by Gasteiger charge is -2.48. The first-order valence-corrected chi connectivity index (χ1v) is 9.16. The predicted octanol–water partition coefficient (Wildman–Crippen LogP) is 2.24. The standard InChI is InChI=1S/C20H25N3O3/c1-15(19(25)26)23-14-20(6-5-18(23)24)7-9-22(10-8-20)13-17-4-2-3-16(11-17)12-21/h2-4,11,15H,5-10,13-14H2,1H3,(H,25,26)/t15-/m0/s1. The molecule has 2 fully saturated rings. The monoisotopic (exact) mass is 355 g/mol. The molecule has 2 heterocycles. The molecule has 138 valence electrons. The number of carboxylic acids is 1. The molecule has 0 aliphatic carbocycles. The molecule has 6 nitrogen and oxygen atoms in total. The Bertz CT molecular complexity index is 732. The van der Waals surface area contributed by atoms with Crippen LogP contribution in [-0.2, 0) is 16.1 Å². The van der Waals surface area contributed by atoms with Crippen LogP contribution >= 0.6 is 0 Å². The number of nitrogens with zero attached hydrogens (tertiary/aromatic N) is 3. The zero-order valence-electron chi connectivity index (χ0n) is 15.1. The molecule has 2 saturated heterocycles. The van der Waals surface area contributed by atoms with Crippen LogP contribution in [-0.4, -0.2) is 52.5 Å². The van der Waals surface area contributed by atoms with Crippen LogP contribution in [0.3, 0.4) is 0 Å². The molecular formula is C20H25N3O3. The van der Waals surface area contributed by atoms with Gasteiger partial charge in [-0.3, -0.25) is 9.69 Å². The lowest BCUT2D eigenvalue weighted by Crippen LogP contribution is -2.55. The van der Waals surface area contributed by atoms with E-state index in [4.69, 9.17) is 5.26 Å². The van der Waals surface area contributed by atoms with Gasteiger partial charge in [-0.25, -0.2) is 4.79 Å². The number of aliphatic carboxylic acids is 1. The first kappa shape index (κ1) is 18.4. The number of carbonyl (C=O) groups is 2. The highest BCUT2D eigenvalue weighted by Gasteiger charge is 2.43. The molecule has 1 atom stereocenters. The van der Waals surface area contributed by atoms with E-state index in [-0.39, 0.29) is 11.3 Å². The highest BCUT2D eigenvalue weighted by Crippen LogP contribution is 2.41. The van der Waals surface area contributed by atoms with Crippen molar-refractivity contribution in [1.29, 1.82) is 5.26 Å². The van der Waals surface area contributed by atoms with Crippen LogP contribution in [0.5, 0.6) is 0 Å². The summed E-state index contributed by atoms with van der Waals surface area (Å²) >= 11 is 0. The molecule has 1 aromatic carbocycles. The molecule has 0 radical (unpaired) electrons. The fraction of sp³-hybridized carbons (Fsp3) is 0.550. The van der Waals surface area contributed by atoms with Crippen molar-refractivity contribution in [2.24, 2.45) is 5.41 Å². The van der Waals surface area contributed by atoms with Crippen LogP contribution in [0.2, 0.25) is 0 Å². The van der Waals surface area contributed by atoms with Gasteiger partial charge in [0.25, 0.3) is 0 Å². The first-order chi connectivity index (χ1) is 12.4. The molecule has 26 heavy (non-hydrogen) atoms. The molecule has 1 aromatic rings. The number of amides is 1. The molecular weight excluding hydrogens is 330 g/mol. The Morgan fingerprint density at radius 3 is 2.73 bits per heavy atom. The van der Waals surface area contributed by atoms with Crippen LogP contribution in [0, 0.1) is 16.7 Å². The number of carboxylic acid groups (broad SMARTS) is 1. The fourth-order valence-corrected chi connectivity index (χ4v) is 4.12. The van der Waals surface area contributed by atoms with Gasteiger partial charge < -0.3 is 10.0 Å². The summed E-state index contributed by atoms with van der Waals surface area (Å²) in [5.41, 5.74) is 1.86. The number of carbonyl (C=O) groups excluding carboxylic acids is 1. The van der Waals surface area contributed by atoms with Gasteiger partial charge in [0, 0.05) is 19.5 Å². The van der Waals surface area contributed by atoms with Gasteiger partial charge in [-0.05, 0) is 62.4 Å². The Hall–Kier alpha value is -2.39. The molecule has 3 rings (SSSR count). The van der Waals surface area contributed by atoms with E-state index < -0.39 is 12.0 Å². The van der Waals surface area contributed by atoms with Crippen molar-refractivity contribution in [2.45, 2.75) is 45.2 Å². The molecule has 1 N–H and O–H groups in total. The van der Waals surface area contributed by atoms with E-state index in [0.717, 1.165) is 44.5 Å². The topological polar surface area (TPSA) is 84.6 Å². The van der Waals surface area contributed by atoms with E-state index in [1.807, 2.05) is 24.3 Å².